The lowest BCUT2D eigenvalue weighted by Gasteiger charge is -2.56. The second kappa shape index (κ2) is 4.52. The normalized spacial score (nSPS) is 39.4. The van der Waals surface area contributed by atoms with E-state index in [1.807, 2.05) is 0 Å². The van der Waals surface area contributed by atoms with Crippen LogP contribution >= 0.6 is 0 Å². The van der Waals surface area contributed by atoms with Gasteiger partial charge in [0.15, 0.2) is 0 Å². The maximum atomic E-state index is 11.3. The molecule has 3 atom stereocenters. The Kier molecular flexibility index (Phi) is 3.16. The Morgan fingerprint density at radius 2 is 2.05 bits per heavy atom. The number of allylic oxidation sites excluding steroid dienone is 2. The Labute approximate surface area is 121 Å². The third kappa shape index (κ3) is 1.82. The van der Waals surface area contributed by atoms with Crippen LogP contribution in [0.3, 0.4) is 0 Å². The molecule has 0 radical (unpaired) electrons. The predicted molar refractivity (Wildman–Crippen MR) is 77.9 cm³/mol. The Bertz CT molecular complexity index is 475. The lowest BCUT2D eigenvalue weighted by molar-refractivity contribution is -0.120. The van der Waals surface area contributed by atoms with Gasteiger partial charge in [0.25, 0.3) is 0 Å². The summed E-state index contributed by atoms with van der Waals surface area (Å²) < 4.78 is 11.5. The number of ether oxygens (including phenoxy) is 2. The van der Waals surface area contributed by atoms with Gasteiger partial charge in [-0.3, -0.25) is 0 Å². The SMILES string of the molecule is COC1=C(C)[C@H]2C[C@@](O)(C3=CCCCO3)[C@H]1CC2(C)C. The van der Waals surface area contributed by atoms with E-state index in [-0.39, 0.29) is 11.3 Å². The Hall–Kier alpha value is -0.960. The summed E-state index contributed by atoms with van der Waals surface area (Å²) in [6.45, 7) is 7.49. The smallest absolute Gasteiger partial charge is 0.132 e. The van der Waals surface area contributed by atoms with Crippen molar-refractivity contribution in [1.29, 1.82) is 0 Å². The maximum Gasteiger partial charge on any atom is 0.132 e. The molecule has 4 aliphatic rings. The number of aliphatic hydroxyl groups is 1. The minimum absolute atomic E-state index is 0.0249. The largest absolute Gasteiger partial charge is 0.501 e. The lowest BCUT2D eigenvalue weighted by atomic mass is 9.52. The van der Waals surface area contributed by atoms with Gasteiger partial charge in [-0.25, -0.2) is 0 Å². The summed E-state index contributed by atoms with van der Waals surface area (Å²) in [5.74, 6) is 2.16. The quantitative estimate of drug-likeness (QED) is 0.841. The molecule has 0 spiro atoms. The van der Waals surface area contributed by atoms with Gasteiger partial charge in [0.1, 0.15) is 17.1 Å². The van der Waals surface area contributed by atoms with Crippen molar-refractivity contribution in [3.63, 3.8) is 0 Å². The molecule has 0 aromatic carbocycles. The monoisotopic (exact) mass is 278 g/mol. The average molecular weight is 278 g/mol. The van der Waals surface area contributed by atoms with Gasteiger partial charge in [-0.1, -0.05) is 13.8 Å². The van der Waals surface area contributed by atoms with Gasteiger partial charge >= 0.3 is 0 Å². The zero-order chi connectivity index (χ0) is 14.5. The topological polar surface area (TPSA) is 38.7 Å². The molecule has 1 saturated carbocycles. The van der Waals surface area contributed by atoms with Gasteiger partial charge in [-0.15, -0.1) is 0 Å². The first-order valence-corrected chi connectivity index (χ1v) is 7.70. The Balaban J connectivity index is 2.04. The van der Waals surface area contributed by atoms with E-state index in [9.17, 15) is 5.11 Å². The highest BCUT2D eigenvalue weighted by Gasteiger charge is 2.59. The van der Waals surface area contributed by atoms with Gasteiger partial charge in [-0.2, -0.15) is 0 Å². The summed E-state index contributed by atoms with van der Waals surface area (Å²) in [6, 6.07) is 0. The van der Waals surface area contributed by atoms with E-state index in [1.165, 1.54) is 5.57 Å². The standard InChI is InChI=1S/C17H26O3/c1-11-12-10-17(18,14-7-5-6-8-20-14)13(15(11)19-4)9-16(12,2)3/h7,12-13,18H,5-6,8-10H2,1-4H3/t12-,13+,17+/m1/s1. The summed E-state index contributed by atoms with van der Waals surface area (Å²) in [7, 11) is 1.73. The van der Waals surface area contributed by atoms with Crippen molar-refractivity contribution < 1.29 is 14.6 Å². The van der Waals surface area contributed by atoms with Gasteiger partial charge in [0.2, 0.25) is 0 Å². The second-order valence-corrected chi connectivity index (χ2v) is 7.24. The fourth-order valence-corrected chi connectivity index (χ4v) is 4.50. The number of methoxy groups -OCH3 is 1. The van der Waals surface area contributed by atoms with Crippen LogP contribution in [0.2, 0.25) is 0 Å². The summed E-state index contributed by atoms with van der Waals surface area (Å²) >= 11 is 0. The van der Waals surface area contributed by atoms with E-state index >= 15 is 0 Å². The Morgan fingerprint density at radius 1 is 1.30 bits per heavy atom. The highest BCUT2D eigenvalue weighted by molar-refractivity contribution is 5.34. The first kappa shape index (κ1) is 14.0. The molecule has 20 heavy (non-hydrogen) atoms. The number of hydrogen-bond donors (Lipinski definition) is 1. The van der Waals surface area contributed by atoms with Crippen molar-refractivity contribution in [1.82, 2.24) is 0 Å². The van der Waals surface area contributed by atoms with E-state index in [0.717, 1.165) is 43.8 Å². The number of hydrogen-bond acceptors (Lipinski definition) is 3. The minimum Gasteiger partial charge on any atom is -0.501 e. The molecule has 1 heterocycles. The molecule has 1 fully saturated rings. The van der Waals surface area contributed by atoms with Crippen molar-refractivity contribution in [2.75, 3.05) is 13.7 Å². The van der Waals surface area contributed by atoms with E-state index < -0.39 is 5.60 Å². The van der Waals surface area contributed by atoms with Crippen LogP contribution in [0.1, 0.15) is 46.5 Å². The van der Waals surface area contributed by atoms with E-state index in [0.29, 0.717) is 5.92 Å². The summed E-state index contributed by atoms with van der Waals surface area (Å²) in [4.78, 5) is 0. The highest BCUT2D eigenvalue weighted by atomic mass is 16.5. The molecule has 3 heteroatoms. The summed E-state index contributed by atoms with van der Waals surface area (Å²) in [5.41, 5.74) is 0.666. The fraction of sp³-hybridized carbons (Fsp3) is 0.765. The molecule has 4 rings (SSSR count). The zero-order valence-electron chi connectivity index (χ0n) is 13.0. The van der Waals surface area contributed by atoms with E-state index in [2.05, 4.69) is 26.8 Å². The number of rotatable bonds is 2. The summed E-state index contributed by atoms with van der Waals surface area (Å²) in [6.07, 6.45) is 5.85. The maximum absolute atomic E-state index is 11.3. The molecule has 0 amide bonds. The average Bonchev–Trinajstić information content (AvgIpc) is 2.42. The summed E-state index contributed by atoms with van der Waals surface area (Å²) in [5, 5.41) is 11.3. The first-order chi connectivity index (χ1) is 9.40. The van der Waals surface area contributed by atoms with Gasteiger partial charge in [0.05, 0.1) is 19.6 Å². The minimum atomic E-state index is -0.870. The molecule has 112 valence electrons. The van der Waals surface area contributed by atoms with Crippen molar-refractivity contribution in [2.45, 2.75) is 52.1 Å². The van der Waals surface area contributed by atoms with Crippen LogP contribution in [0, 0.1) is 17.3 Å². The van der Waals surface area contributed by atoms with Crippen molar-refractivity contribution >= 4 is 0 Å². The van der Waals surface area contributed by atoms with Gasteiger partial charge < -0.3 is 14.6 Å². The lowest BCUT2D eigenvalue weighted by Crippen LogP contribution is -2.56. The van der Waals surface area contributed by atoms with Crippen molar-refractivity contribution in [3.05, 3.63) is 23.2 Å². The zero-order valence-corrected chi connectivity index (χ0v) is 13.0. The first-order valence-electron chi connectivity index (χ1n) is 7.70. The van der Waals surface area contributed by atoms with Crippen LogP contribution < -0.4 is 0 Å². The van der Waals surface area contributed by atoms with E-state index in [4.69, 9.17) is 9.47 Å². The molecule has 3 nitrogen and oxygen atoms in total. The van der Waals surface area contributed by atoms with Crippen molar-refractivity contribution in [3.8, 4) is 0 Å². The molecule has 0 aromatic rings. The van der Waals surface area contributed by atoms with Crippen LogP contribution in [0.15, 0.2) is 23.2 Å². The van der Waals surface area contributed by atoms with Crippen LogP contribution in [0.4, 0.5) is 0 Å². The van der Waals surface area contributed by atoms with Crippen LogP contribution in [-0.4, -0.2) is 24.4 Å². The molecule has 3 aliphatic carbocycles. The molecular weight excluding hydrogens is 252 g/mol. The highest BCUT2D eigenvalue weighted by Crippen LogP contribution is 2.60. The van der Waals surface area contributed by atoms with Gasteiger partial charge in [0, 0.05) is 0 Å². The molecule has 2 bridgehead atoms. The molecule has 0 aromatic heterocycles. The third-order valence-electron chi connectivity index (χ3n) is 5.58. The molecule has 1 aliphatic heterocycles. The van der Waals surface area contributed by atoms with Crippen molar-refractivity contribution in [2.24, 2.45) is 17.3 Å². The van der Waals surface area contributed by atoms with Gasteiger partial charge in [-0.05, 0) is 55.6 Å². The number of fused-ring (bicyclic) bond motifs is 2. The van der Waals surface area contributed by atoms with E-state index in [1.54, 1.807) is 7.11 Å². The molecule has 0 saturated heterocycles. The molecule has 0 unspecified atom stereocenters. The second-order valence-electron chi connectivity index (χ2n) is 7.24. The molecule has 1 N–H and O–H groups in total. The Morgan fingerprint density at radius 3 is 2.65 bits per heavy atom. The fourth-order valence-electron chi connectivity index (χ4n) is 4.50. The predicted octanol–water partition coefficient (Wildman–Crippen LogP) is 3.40. The third-order valence-corrected chi connectivity index (χ3v) is 5.58. The van der Waals surface area contributed by atoms with Crippen LogP contribution in [-0.2, 0) is 9.47 Å². The van der Waals surface area contributed by atoms with Crippen LogP contribution in [0.25, 0.3) is 0 Å². The van der Waals surface area contributed by atoms with Crippen LogP contribution in [0.5, 0.6) is 0 Å². The molecular formula is C17H26O3.